The average Bonchev–Trinajstić information content (AvgIpc) is 2.82. The lowest BCUT2D eigenvalue weighted by molar-refractivity contribution is -0.138. The van der Waals surface area contributed by atoms with Crippen LogP contribution in [-0.2, 0) is 4.79 Å². The quantitative estimate of drug-likeness (QED) is 0.119. The summed E-state index contributed by atoms with van der Waals surface area (Å²) < 4.78 is 0. The molecule has 0 saturated carbocycles. The van der Waals surface area contributed by atoms with Crippen molar-refractivity contribution < 1.29 is 25.2 Å². The summed E-state index contributed by atoms with van der Waals surface area (Å²) in [5, 5.41) is 37.2. The maximum absolute atomic E-state index is 10.6. The lowest BCUT2D eigenvalue weighted by Crippen LogP contribution is -2.34. The number of hydrogen-bond donors (Lipinski definition) is 5. The fourth-order valence-corrected chi connectivity index (χ4v) is 3.84. The van der Waals surface area contributed by atoms with Gasteiger partial charge in [0.05, 0.1) is 19.8 Å². The SMILES string of the molecule is CCCCCCCCCCCCCCCCCCNC(C)C(=O)O.OCCN(CCO)CCO. The van der Waals surface area contributed by atoms with Gasteiger partial charge in [0, 0.05) is 19.6 Å². The minimum Gasteiger partial charge on any atom is -0.480 e. The normalized spacial score (nSPS) is 11.9. The molecular weight excluding hydrogens is 432 g/mol. The van der Waals surface area contributed by atoms with Gasteiger partial charge in [0.25, 0.3) is 0 Å². The topological polar surface area (TPSA) is 113 Å². The van der Waals surface area contributed by atoms with Gasteiger partial charge in [-0.25, -0.2) is 0 Å². The summed E-state index contributed by atoms with van der Waals surface area (Å²) in [7, 11) is 0. The predicted molar refractivity (Wildman–Crippen MR) is 142 cm³/mol. The summed E-state index contributed by atoms with van der Waals surface area (Å²) in [4.78, 5) is 12.4. The highest BCUT2D eigenvalue weighted by Crippen LogP contribution is 2.13. The first-order valence-corrected chi connectivity index (χ1v) is 14.0. The van der Waals surface area contributed by atoms with Crippen LogP contribution in [0.4, 0.5) is 0 Å². The van der Waals surface area contributed by atoms with Crippen molar-refractivity contribution >= 4 is 5.97 Å². The van der Waals surface area contributed by atoms with Crippen LogP contribution in [0.25, 0.3) is 0 Å². The molecular formula is C27H58N2O5. The van der Waals surface area contributed by atoms with Crippen LogP contribution in [0.1, 0.15) is 117 Å². The Morgan fingerprint density at radius 1 is 0.647 bits per heavy atom. The van der Waals surface area contributed by atoms with Crippen LogP contribution in [0, 0.1) is 0 Å². The standard InChI is InChI=1S/C21H43NO2.C6H15NO3/c1-3-4-5-6-7-8-9-10-11-12-13-14-15-16-17-18-19-22-20(2)21(23)24;8-4-1-7(2-5-9)3-6-10/h20,22H,3-19H2,1-2H3,(H,23,24);8-10H,1-6H2. The highest BCUT2D eigenvalue weighted by molar-refractivity contribution is 5.72. The van der Waals surface area contributed by atoms with Crippen LogP contribution < -0.4 is 5.32 Å². The number of nitrogens with one attached hydrogen (secondary N) is 1. The zero-order valence-corrected chi connectivity index (χ0v) is 22.5. The van der Waals surface area contributed by atoms with Crippen LogP contribution in [0.5, 0.6) is 0 Å². The zero-order chi connectivity index (χ0) is 25.7. The average molecular weight is 491 g/mol. The van der Waals surface area contributed by atoms with E-state index in [0.717, 1.165) is 13.0 Å². The van der Waals surface area contributed by atoms with Gasteiger partial charge in [-0.15, -0.1) is 0 Å². The summed E-state index contributed by atoms with van der Waals surface area (Å²) in [6.45, 7) is 6.56. The first kappa shape index (κ1) is 35.4. The van der Waals surface area contributed by atoms with E-state index in [4.69, 9.17) is 20.4 Å². The van der Waals surface area contributed by atoms with Crippen molar-refractivity contribution in [3.63, 3.8) is 0 Å². The van der Waals surface area contributed by atoms with E-state index in [2.05, 4.69) is 12.2 Å². The van der Waals surface area contributed by atoms with Crippen molar-refractivity contribution in [2.75, 3.05) is 46.0 Å². The number of carboxylic acids is 1. The van der Waals surface area contributed by atoms with Gasteiger partial charge >= 0.3 is 5.97 Å². The summed E-state index contributed by atoms with van der Waals surface area (Å²) >= 11 is 0. The third-order valence-corrected chi connectivity index (χ3v) is 6.10. The maximum Gasteiger partial charge on any atom is 0.320 e. The molecule has 0 fully saturated rings. The van der Waals surface area contributed by atoms with E-state index in [0.29, 0.717) is 19.6 Å². The zero-order valence-electron chi connectivity index (χ0n) is 22.5. The number of aliphatic hydroxyl groups is 3. The maximum atomic E-state index is 10.6. The van der Waals surface area contributed by atoms with Crippen molar-refractivity contribution in [2.45, 2.75) is 123 Å². The van der Waals surface area contributed by atoms with Crippen LogP contribution in [0.15, 0.2) is 0 Å². The molecule has 0 aliphatic heterocycles. The lowest BCUT2D eigenvalue weighted by Gasteiger charge is -2.17. The second-order valence-electron chi connectivity index (χ2n) is 9.33. The lowest BCUT2D eigenvalue weighted by atomic mass is 10.0. The summed E-state index contributed by atoms with van der Waals surface area (Å²) in [6.07, 6.45) is 21.9. The van der Waals surface area contributed by atoms with Gasteiger partial charge in [-0.3, -0.25) is 9.69 Å². The van der Waals surface area contributed by atoms with Crippen LogP contribution in [0.3, 0.4) is 0 Å². The minimum absolute atomic E-state index is 0.0694. The number of hydrogen-bond acceptors (Lipinski definition) is 6. The monoisotopic (exact) mass is 490 g/mol. The van der Waals surface area contributed by atoms with Gasteiger partial charge in [0.2, 0.25) is 0 Å². The number of nitrogens with zero attached hydrogens (tertiary/aromatic N) is 1. The molecule has 0 aromatic heterocycles. The number of unbranched alkanes of at least 4 members (excludes halogenated alkanes) is 15. The van der Waals surface area contributed by atoms with Gasteiger partial charge in [-0.1, -0.05) is 103 Å². The molecule has 0 aromatic carbocycles. The van der Waals surface area contributed by atoms with Crippen molar-refractivity contribution in [1.29, 1.82) is 0 Å². The molecule has 0 aliphatic carbocycles. The number of carboxylic acid groups (broad SMARTS) is 1. The van der Waals surface area contributed by atoms with Crippen LogP contribution in [-0.4, -0.2) is 83.3 Å². The summed E-state index contributed by atoms with van der Waals surface area (Å²) in [5.41, 5.74) is 0. The number of carbonyl (C=O) groups is 1. The van der Waals surface area contributed by atoms with E-state index in [-0.39, 0.29) is 19.8 Å². The first-order chi connectivity index (χ1) is 16.5. The Kier molecular flexibility index (Phi) is 31.6. The van der Waals surface area contributed by atoms with E-state index in [1.807, 2.05) is 0 Å². The number of aliphatic hydroxyl groups excluding tert-OH is 3. The Bertz CT molecular complexity index is 385. The molecule has 0 heterocycles. The van der Waals surface area contributed by atoms with Gasteiger partial charge < -0.3 is 25.7 Å². The van der Waals surface area contributed by atoms with Crippen LogP contribution in [0.2, 0.25) is 0 Å². The molecule has 0 aromatic rings. The third kappa shape index (κ3) is 29.3. The van der Waals surface area contributed by atoms with Crippen molar-refractivity contribution in [3.05, 3.63) is 0 Å². The second-order valence-corrected chi connectivity index (χ2v) is 9.33. The molecule has 7 heteroatoms. The largest absolute Gasteiger partial charge is 0.480 e. The molecule has 206 valence electrons. The minimum atomic E-state index is -0.758. The predicted octanol–water partition coefficient (Wildman–Crippen LogP) is 4.58. The molecule has 0 saturated heterocycles. The smallest absolute Gasteiger partial charge is 0.320 e. The van der Waals surface area contributed by atoms with E-state index in [1.165, 1.54) is 96.3 Å². The second kappa shape index (κ2) is 30.3. The Morgan fingerprint density at radius 3 is 1.26 bits per heavy atom. The fourth-order valence-electron chi connectivity index (χ4n) is 3.84. The van der Waals surface area contributed by atoms with E-state index < -0.39 is 12.0 Å². The molecule has 1 unspecified atom stereocenters. The molecule has 0 aliphatic rings. The van der Waals surface area contributed by atoms with Gasteiger partial charge in [0.15, 0.2) is 0 Å². The molecule has 5 N–H and O–H groups in total. The Hall–Kier alpha value is -0.730. The molecule has 0 spiro atoms. The molecule has 0 amide bonds. The van der Waals surface area contributed by atoms with E-state index in [1.54, 1.807) is 11.8 Å². The van der Waals surface area contributed by atoms with E-state index >= 15 is 0 Å². The molecule has 7 nitrogen and oxygen atoms in total. The van der Waals surface area contributed by atoms with Gasteiger partial charge in [0.1, 0.15) is 6.04 Å². The Morgan fingerprint density at radius 2 is 0.971 bits per heavy atom. The Labute approximate surface area is 210 Å². The van der Waals surface area contributed by atoms with Gasteiger partial charge in [-0.2, -0.15) is 0 Å². The van der Waals surface area contributed by atoms with Crippen molar-refractivity contribution in [1.82, 2.24) is 10.2 Å². The van der Waals surface area contributed by atoms with Crippen LogP contribution >= 0.6 is 0 Å². The van der Waals surface area contributed by atoms with E-state index in [9.17, 15) is 4.79 Å². The van der Waals surface area contributed by atoms with Crippen molar-refractivity contribution in [3.8, 4) is 0 Å². The number of aliphatic carboxylic acids is 1. The van der Waals surface area contributed by atoms with Gasteiger partial charge in [-0.05, 0) is 19.9 Å². The Balaban J connectivity index is 0. The van der Waals surface area contributed by atoms with Crippen molar-refractivity contribution in [2.24, 2.45) is 0 Å². The highest BCUT2D eigenvalue weighted by Gasteiger charge is 2.07. The molecule has 0 radical (unpaired) electrons. The highest BCUT2D eigenvalue weighted by atomic mass is 16.4. The molecule has 0 bridgehead atoms. The third-order valence-electron chi connectivity index (χ3n) is 6.10. The molecule has 34 heavy (non-hydrogen) atoms. The number of rotatable bonds is 25. The first-order valence-electron chi connectivity index (χ1n) is 14.0. The molecule has 1 atom stereocenters. The summed E-state index contributed by atoms with van der Waals surface area (Å²) in [5.74, 6) is -0.758. The fraction of sp³-hybridized carbons (Fsp3) is 0.963. The molecule has 0 rings (SSSR count). The summed E-state index contributed by atoms with van der Waals surface area (Å²) in [6, 6.07) is -0.415.